The Morgan fingerprint density at radius 3 is 2.80 bits per heavy atom. The maximum atomic E-state index is 14.0. The molecule has 0 bridgehead atoms. The first-order valence-electron chi connectivity index (χ1n) is 5.78. The Labute approximate surface area is 127 Å². The number of nitrogens with zero attached hydrogens (tertiary/aromatic N) is 2. The lowest BCUT2D eigenvalue weighted by molar-refractivity contribution is 0.629. The van der Waals surface area contributed by atoms with Crippen LogP contribution in [-0.2, 0) is 0 Å². The molecule has 102 valence electrons. The number of benzene rings is 1. The molecule has 0 aliphatic carbocycles. The van der Waals surface area contributed by atoms with Gasteiger partial charge in [-0.3, -0.25) is 0 Å². The molecule has 0 saturated carbocycles. The summed E-state index contributed by atoms with van der Waals surface area (Å²) < 4.78 is 14.7. The molecule has 2 aromatic heterocycles. The third kappa shape index (κ3) is 2.28. The number of thiophene rings is 1. The predicted octanol–water partition coefficient (Wildman–Crippen LogP) is 3.85. The van der Waals surface area contributed by atoms with Gasteiger partial charge in [0.1, 0.15) is 10.6 Å². The van der Waals surface area contributed by atoms with Crippen LogP contribution in [0.2, 0.25) is 0 Å². The van der Waals surface area contributed by atoms with E-state index in [1.807, 2.05) is 13.0 Å². The smallest absolute Gasteiger partial charge is 0.166 e. The maximum Gasteiger partial charge on any atom is 0.166 e. The standard InChI is InChI=1S/C13H10BrFN4S/c1-6-4-9-12(19-16)17-11(18-13(9)20-6)8-3-2-7(14)5-10(8)15/h2-5H,16H2,1H3,(H,17,18,19). The van der Waals surface area contributed by atoms with Gasteiger partial charge in [0.05, 0.1) is 10.9 Å². The summed E-state index contributed by atoms with van der Waals surface area (Å²) in [7, 11) is 0. The zero-order valence-electron chi connectivity index (χ0n) is 10.4. The summed E-state index contributed by atoms with van der Waals surface area (Å²) in [6.45, 7) is 1.98. The zero-order valence-corrected chi connectivity index (χ0v) is 12.8. The summed E-state index contributed by atoms with van der Waals surface area (Å²) in [5.74, 6) is 5.93. The first kappa shape index (κ1) is 13.4. The lowest BCUT2D eigenvalue weighted by atomic mass is 10.2. The summed E-state index contributed by atoms with van der Waals surface area (Å²) in [5, 5.41) is 0.844. The van der Waals surface area contributed by atoms with Gasteiger partial charge < -0.3 is 5.43 Å². The average Bonchev–Trinajstić information content (AvgIpc) is 2.77. The first-order valence-corrected chi connectivity index (χ1v) is 7.39. The van der Waals surface area contributed by atoms with Crippen molar-refractivity contribution in [3.05, 3.63) is 39.4 Å². The number of anilines is 1. The summed E-state index contributed by atoms with van der Waals surface area (Å²) in [5.41, 5.74) is 2.89. The molecule has 4 nitrogen and oxygen atoms in total. The molecule has 1 aromatic carbocycles. The molecule has 2 heterocycles. The number of nitrogen functional groups attached to an aromatic ring is 1. The second kappa shape index (κ2) is 5.08. The summed E-state index contributed by atoms with van der Waals surface area (Å²) in [6, 6.07) is 6.73. The Balaban J connectivity index is 2.25. The van der Waals surface area contributed by atoms with Gasteiger partial charge >= 0.3 is 0 Å². The lowest BCUT2D eigenvalue weighted by Gasteiger charge is -2.06. The van der Waals surface area contributed by atoms with E-state index in [4.69, 9.17) is 5.84 Å². The van der Waals surface area contributed by atoms with Gasteiger partial charge in [-0.15, -0.1) is 11.3 Å². The Hall–Kier alpha value is -1.57. The van der Waals surface area contributed by atoms with Crippen LogP contribution in [0, 0.1) is 12.7 Å². The van der Waals surface area contributed by atoms with Crippen LogP contribution in [0.25, 0.3) is 21.6 Å². The van der Waals surface area contributed by atoms with Crippen LogP contribution in [0.5, 0.6) is 0 Å². The van der Waals surface area contributed by atoms with Crippen molar-refractivity contribution in [2.24, 2.45) is 5.84 Å². The Morgan fingerprint density at radius 2 is 2.10 bits per heavy atom. The van der Waals surface area contributed by atoms with E-state index < -0.39 is 0 Å². The van der Waals surface area contributed by atoms with Crippen LogP contribution in [0.1, 0.15) is 4.88 Å². The minimum absolute atomic E-state index is 0.317. The maximum absolute atomic E-state index is 14.0. The Bertz CT molecular complexity index is 802. The van der Waals surface area contributed by atoms with Crippen LogP contribution in [0.4, 0.5) is 10.2 Å². The fourth-order valence-electron chi connectivity index (χ4n) is 1.94. The number of hydrogen-bond donors (Lipinski definition) is 2. The van der Waals surface area contributed by atoms with E-state index in [0.29, 0.717) is 21.7 Å². The average molecular weight is 353 g/mol. The summed E-state index contributed by atoms with van der Waals surface area (Å²) in [4.78, 5) is 10.6. The Morgan fingerprint density at radius 1 is 1.30 bits per heavy atom. The molecule has 0 aliphatic heterocycles. The molecule has 0 radical (unpaired) electrons. The quantitative estimate of drug-likeness (QED) is 0.543. The minimum atomic E-state index is -0.380. The number of aromatic nitrogens is 2. The highest BCUT2D eigenvalue weighted by Gasteiger charge is 2.14. The van der Waals surface area contributed by atoms with Gasteiger partial charge in [0.25, 0.3) is 0 Å². The van der Waals surface area contributed by atoms with Crippen molar-refractivity contribution in [2.45, 2.75) is 6.92 Å². The number of hydrazine groups is 1. The van der Waals surface area contributed by atoms with Gasteiger partial charge in [-0.05, 0) is 31.2 Å². The normalized spacial score (nSPS) is 11.0. The highest BCUT2D eigenvalue weighted by atomic mass is 79.9. The molecule has 0 aliphatic rings. The fraction of sp³-hybridized carbons (Fsp3) is 0.0769. The molecule has 0 atom stereocenters. The molecule has 0 amide bonds. The lowest BCUT2D eigenvalue weighted by Crippen LogP contribution is -2.10. The molecule has 0 spiro atoms. The molecule has 0 unspecified atom stereocenters. The van der Waals surface area contributed by atoms with Crippen LogP contribution >= 0.6 is 27.3 Å². The molecule has 0 saturated heterocycles. The minimum Gasteiger partial charge on any atom is -0.308 e. The van der Waals surface area contributed by atoms with Crippen molar-refractivity contribution < 1.29 is 4.39 Å². The number of halogens is 2. The van der Waals surface area contributed by atoms with E-state index in [2.05, 4.69) is 31.3 Å². The molecule has 0 fully saturated rings. The van der Waals surface area contributed by atoms with Crippen molar-refractivity contribution in [1.82, 2.24) is 9.97 Å². The highest BCUT2D eigenvalue weighted by Crippen LogP contribution is 2.31. The van der Waals surface area contributed by atoms with Gasteiger partial charge in [0.15, 0.2) is 11.6 Å². The number of hydrogen-bond acceptors (Lipinski definition) is 5. The zero-order chi connectivity index (χ0) is 14.3. The van der Waals surface area contributed by atoms with Crippen molar-refractivity contribution >= 4 is 43.3 Å². The van der Waals surface area contributed by atoms with Gasteiger partial charge in [-0.25, -0.2) is 20.2 Å². The highest BCUT2D eigenvalue weighted by molar-refractivity contribution is 9.10. The largest absolute Gasteiger partial charge is 0.308 e. The van der Waals surface area contributed by atoms with E-state index >= 15 is 0 Å². The molecule has 7 heteroatoms. The summed E-state index contributed by atoms with van der Waals surface area (Å²) in [6.07, 6.45) is 0. The number of fused-ring (bicyclic) bond motifs is 1. The Kier molecular flexibility index (Phi) is 3.41. The van der Waals surface area contributed by atoms with Crippen molar-refractivity contribution in [1.29, 1.82) is 0 Å². The number of nitrogens with two attached hydrogens (primary N) is 1. The van der Waals surface area contributed by atoms with Gasteiger partial charge in [-0.1, -0.05) is 15.9 Å². The molecular weight excluding hydrogens is 343 g/mol. The third-order valence-electron chi connectivity index (χ3n) is 2.82. The number of nitrogens with one attached hydrogen (secondary N) is 1. The van der Waals surface area contributed by atoms with E-state index in [1.165, 1.54) is 17.4 Å². The molecule has 3 N–H and O–H groups in total. The van der Waals surface area contributed by atoms with Crippen LogP contribution < -0.4 is 11.3 Å². The van der Waals surface area contributed by atoms with E-state index in [-0.39, 0.29) is 5.82 Å². The van der Waals surface area contributed by atoms with Gasteiger partial charge in [-0.2, -0.15) is 0 Å². The van der Waals surface area contributed by atoms with Crippen molar-refractivity contribution in [3.8, 4) is 11.4 Å². The van der Waals surface area contributed by atoms with Crippen LogP contribution in [-0.4, -0.2) is 9.97 Å². The van der Waals surface area contributed by atoms with E-state index in [1.54, 1.807) is 12.1 Å². The monoisotopic (exact) mass is 352 g/mol. The second-order valence-electron chi connectivity index (χ2n) is 4.24. The topological polar surface area (TPSA) is 63.8 Å². The number of rotatable bonds is 2. The van der Waals surface area contributed by atoms with Crippen LogP contribution in [0.15, 0.2) is 28.7 Å². The van der Waals surface area contributed by atoms with Gasteiger partial charge in [0, 0.05) is 9.35 Å². The third-order valence-corrected chi connectivity index (χ3v) is 4.26. The first-order chi connectivity index (χ1) is 9.58. The second-order valence-corrected chi connectivity index (χ2v) is 6.39. The van der Waals surface area contributed by atoms with Crippen molar-refractivity contribution in [3.63, 3.8) is 0 Å². The summed E-state index contributed by atoms with van der Waals surface area (Å²) >= 11 is 4.75. The fourth-order valence-corrected chi connectivity index (χ4v) is 3.16. The molecule has 3 aromatic rings. The van der Waals surface area contributed by atoms with Crippen LogP contribution in [0.3, 0.4) is 0 Å². The van der Waals surface area contributed by atoms with E-state index in [0.717, 1.165) is 15.1 Å². The van der Waals surface area contributed by atoms with Crippen molar-refractivity contribution in [2.75, 3.05) is 5.43 Å². The SMILES string of the molecule is Cc1cc2c(NN)nc(-c3ccc(Br)cc3F)nc2s1. The molecule has 20 heavy (non-hydrogen) atoms. The van der Waals surface area contributed by atoms with E-state index in [9.17, 15) is 4.39 Å². The predicted molar refractivity (Wildman–Crippen MR) is 83.1 cm³/mol. The molecule has 3 rings (SSSR count). The van der Waals surface area contributed by atoms with Gasteiger partial charge in [0.2, 0.25) is 0 Å². The number of aryl methyl sites for hydroxylation is 1. The molecular formula is C13H10BrFN4S.